The van der Waals surface area contributed by atoms with Crippen LogP contribution in [0.5, 0.6) is 5.75 Å². The van der Waals surface area contributed by atoms with Gasteiger partial charge in [-0.1, -0.05) is 31.9 Å². The van der Waals surface area contributed by atoms with Gasteiger partial charge in [-0.05, 0) is 49.0 Å². The number of rotatable bonds is 12. The molecule has 2 aromatic rings. The number of hydrogen-bond acceptors (Lipinski definition) is 6. The molecule has 5 nitrogen and oxygen atoms in total. The van der Waals surface area contributed by atoms with Crippen molar-refractivity contribution in [2.24, 2.45) is 0 Å². The van der Waals surface area contributed by atoms with Gasteiger partial charge in [0.1, 0.15) is 11.6 Å². The van der Waals surface area contributed by atoms with E-state index in [2.05, 4.69) is 34.5 Å². The van der Waals surface area contributed by atoms with Crippen molar-refractivity contribution in [3.63, 3.8) is 0 Å². The Morgan fingerprint density at radius 3 is 2.72 bits per heavy atom. The molecule has 3 N–H and O–H groups in total. The fourth-order valence-electron chi connectivity index (χ4n) is 3.39. The highest BCUT2D eigenvalue weighted by atomic mass is 35.5. The number of nitrogen functional groups attached to an aromatic ring is 1. The van der Waals surface area contributed by atoms with Crippen LogP contribution in [0.25, 0.3) is 0 Å². The van der Waals surface area contributed by atoms with Crippen LogP contribution in [0.4, 0.5) is 11.8 Å². The predicted molar refractivity (Wildman–Crippen MR) is 126 cm³/mol. The van der Waals surface area contributed by atoms with Gasteiger partial charge < -0.3 is 15.8 Å². The normalized spacial score (nSPS) is 12.0. The molecule has 160 valence electrons. The number of unbranched alkanes of at least 4 members (excludes halogenated alkanes) is 1. The van der Waals surface area contributed by atoms with Crippen LogP contribution in [0.3, 0.4) is 0 Å². The number of aryl methyl sites for hydroxylation is 1. The van der Waals surface area contributed by atoms with Gasteiger partial charge >= 0.3 is 0 Å². The predicted octanol–water partition coefficient (Wildman–Crippen LogP) is 5.43. The number of halogens is 1. The van der Waals surface area contributed by atoms with Crippen molar-refractivity contribution in [2.75, 3.05) is 30.2 Å². The van der Waals surface area contributed by atoms with Crippen LogP contribution in [0.2, 0.25) is 0 Å². The first kappa shape index (κ1) is 23.6. The summed E-state index contributed by atoms with van der Waals surface area (Å²) in [7, 11) is 1.69. The van der Waals surface area contributed by atoms with Crippen molar-refractivity contribution < 1.29 is 4.74 Å². The van der Waals surface area contributed by atoms with Crippen LogP contribution in [0.15, 0.2) is 18.2 Å². The fourth-order valence-corrected chi connectivity index (χ4v) is 4.07. The van der Waals surface area contributed by atoms with Crippen LogP contribution < -0.4 is 15.8 Å². The lowest BCUT2D eigenvalue weighted by molar-refractivity contribution is 0.410. The Kier molecular flexibility index (Phi) is 9.88. The zero-order valence-electron chi connectivity index (χ0n) is 17.9. The van der Waals surface area contributed by atoms with E-state index in [4.69, 9.17) is 22.1 Å². The quantitative estimate of drug-likeness (QED) is 0.432. The second-order valence-corrected chi connectivity index (χ2v) is 8.47. The first-order valence-electron chi connectivity index (χ1n) is 10.1. The molecule has 0 aliphatic rings. The molecular formula is C22H33ClN4OS. The van der Waals surface area contributed by atoms with Crippen LogP contribution in [0, 0.1) is 6.92 Å². The Hall–Kier alpha value is -1.66. The third-order valence-corrected chi connectivity index (χ3v) is 5.97. The van der Waals surface area contributed by atoms with Gasteiger partial charge in [0.15, 0.2) is 0 Å². The first-order valence-corrected chi connectivity index (χ1v) is 12.0. The third-order valence-electron chi connectivity index (χ3n) is 5.01. The zero-order valence-corrected chi connectivity index (χ0v) is 19.5. The second-order valence-electron chi connectivity index (χ2n) is 7.22. The number of nitrogens with one attached hydrogen (secondary N) is 1. The van der Waals surface area contributed by atoms with Gasteiger partial charge in [-0.15, -0.1) is 11.6 Å². The number of aromatic nitrogens is 2. The summed E-state index contributed by atoms with van der Waals surface area (Å²) in [6.45, 7) is 4.21. The molecule has 1 aromatic heterocycles. The number of benzene rings is 1. The number of ether oxygens (including phenoxy) is 1. The average molecular weight is 437 g/mol. The van der Waals surface area contributed by atoms with Crippen molar-refractivity contribution in [2.45, 2.75) is 57.9 Å². The van der Waals surface area contributed by atoms with Gasteiger partial charge in [0.2, 0.25) is 5.95 Å². The smallest absolute Gasteiger partial charge is 0.222 e. The number of nitrogens with zero attached hydrogens (tertiary/aromatic N) is 2. The summed E-state index contributed by atoms with van der Waals surface area (Å²) < 4.78 is 5.58. The van der Waals surface area contributed by atoms with Crippen LogP contribution >= 0.6 is 23.4 Å². The summed E-state index contributed by atoms with van der Waals surface area (Å²) in [4.78, 5) is 8.98. The van der Waals surface area contributed by atoms with E-state index in [-0.39, 0.29) is 0 Å². The van der Waals surface area contributed by atoms with E-state index in [1.807, 2.05) is 30.8 Å². The van der Waals surface area contributed by atoms with Crippen molar-refractivity contribution in [1.82, 2.24) is 9.97 Å². The van der Waals surface area contributed by atoms with E-state index in [1.165, 1.54) is 12.8 Å². The van der Waals surface area contributed by atoms with Gasteiger partial charge in [0.25, 0.3) is 0 Å². The molecule has 2 rings (SSSR count). The summed E-state index contributed by atoms with van der Waals surface area (Å²) >= 11 is 7.92. The van der Waals surface area contributed by atoms with E-state index < -0.39 is 0 Å². The molecule has 0 aliphatic heterocycles. The van der Waals surface area contributed by atoms with Crippen LogP contribution in [-0.2, 0) is 12.3 Å². The lowest BCUT2D eigenvalue weighted by Crippen LogP contribution is -2.23. The number of alkyl halides is 1. The molecule has 0 fully saturated rings. The van der Waals surface area contributed by atoms with E-state index in [0.717, 1.165) is 52.5 Å². The number of methoxy groups -OCH3 is 1. The van der Waals surface area contributed by atoms with Gasteiger partial charge in [-0.2, -0.15) is 16.7 Å². The van der Waals surface area contributed by atoms with Crippen molar-refractivity contribution in [3.05, 3.63) is 40.6 Å². The highest BCUT2D eigenvalue weighted by molar-refractivity contribution is 7.98. The van der Waals surface area contributed by atoms with Gasteiger partial charge in [-0.25, -0.2) is 4.98 Å². The zero-order chi connectivity index (χ0) is 21.2. The molecule has 0 spiro atoms. The summed E-state index contributed by atoms with van der Waals surface area (Å²) in [5.74, 6) is 3.55. The highest BCUT2D eigenvalue weighted by Gasteiger charge is 2.17. The number of hydrogen-bond donors (Lipinski definition) is 2. The van der Waals surface area contributed by atoms with Gasteiger partial charge in [-0.3, -0.25) is 0 Å². The molecule has 7 heteroatoms. The molecule has 0 radical (unpaired) electrons. The SMILES string of the molecule is CCCCC(CCSC)Nc1nc(N)nc(C)c1Cc1cc(CCl)ccc1OC. The molecule has 0 amide bonds. The fraction of sp³-hybridized carbons (Fsp3) is 0.545. The molecule has 0 saturated carbocycles. The number of nitrogens with two attached hydrogens (primary N) is 1. The van der Waals surface area contributed by atoms with Crippen molar-refractivity contribution in [3.8, 4) is 5.75 Å². The monoisotopic (exact) mass is 436 g/mol. The highest BCUT2D eigenvalue weighted by Crippen LogP contribution is 2.29. The molecule has 0 bridgehead atoms. The minimum Gasteiger partial charge on any atom is -0.496 e. The lowest BCUT2D eigenvalue weighted by atomic mass is 10.0. The van der Waals surface area contributed by atoms with E-state index in [0.29, 0.717) is 24.3 Å². The van der Waals surface area contributed by atoms with E-state index >= 15 is 0 Å². The maximum absolute atomic E-state index is 6.05. The molecule has 1 heterocycles. The molecule has 0 saturated heterocycles. The summed E-state index contributed by atoms with van der Waals surface area (Å²) in [6, 6.07) is 6.42. The average Bonchev–Trinajstić information content (AvgIpc) is 2.72. The van der Waals surface area contributed by atoms with Gasteiger partial charge in [0.05, 0.1) is 7.11 Å². The maximum atomic E-state index is 6.05. The first-order chi connectivity index (χ1) is 14.0. The molecule has 0 aliphatic carbocycles. The van der Waals surface area contributed by atoms with Crippen LogP contribution in [0.1, 0.15) is 55.0 Å². The van der Waals surface area contributed by atoms with Crippen molar-refractivity contribution in [1.29, 1.82) is 0 Å². The van der Waals surface area contributed by atoms with Gasteiger partial charge in [0, 0.05) is 29.6 Å². The minimum absolute atomic E-state index is 0.300. The van der Waals surface area contributed by atoms with Crippen molar-refractivity contribution >= 4 is 35.1 Å². The molecule has 1 aromatic carbocycles. The number of anilines is 2. The Balaban J connectivity index is 2.37. The lowest BCUT2D eigenvalue weighted by Gasteiger charge is -2.22. The van der Waals surface area contributed by atoms with E-state index in [9.17, 15) is 0 Å². The third kappa shape index (κ3) is 6.96. The number of thioether (sulfide) groups is 1. The molecule has 1 atom stereocenters. The summed E-state index contributed by atoms with van der Waals surface area (Å²) in [5, 5.41) is 3.67. The Morgan fingerprint density at radius 1 is 1.28 bits per heavy atom. The molecular weight excluding hydrogens is 404 g/mol. The molecule has 1 unspecified atom stereocenters. The summed E-state index contributed by atoms with van der Waals surface area (Å²) in [5.41, 5.74) is 10.1. The minimum atomic E-state index is 0.300. The largest absolute Gasteiger partial charge is 0.496 e. The second kappa shape index (κ2) is 12.1. The standard InChI is InChI=1S/C22H33ClN4OS/c1-5-6-7-18(10-11-29-4)26-21-19(15(2)25-22(24)27-21)13-17-12-16(14-23)8-9-20(17)28-3/h8-9,12,18H,5-7,10-11,13-14H2,1-4H3,(H3,24,25,26,27). The van der Waals surface area contributed by atoms with Crippen LogP contribution in [-0.4, -0.2) is 35.1 Å². The topological polar surface area (TPSA) is 73.1 Å². The van der Waals surface area contributed by atoms with E-state index in [1.54, 1.807) is 7.11 Å². The maximum Gasteiger partial charge on any atom is 0.222 e. The molecule has 29 heavy (non-hydrogen) atoms. The Labute approximate surface area is 184 Å². The Bertz CT molecular complexity index is 780. The Morgan fingerprint density at radius 2 is 2.07 bits per heavy atom. The summed E-state index contributed by atoms with van der Waals surface area (Å²) in [6.07, 6.45) is 7.37.